The summed E-state index contributed by atoms with van der Waals surface area (Å²) in [5.41, 5.74) is 3.24. The number of hydrogen-bond donors (Lipinski definition) is 2. The zero-order valence-electron chi connectivity index (χ0n) is 16.9. The second kappa shape index (κ2) is 9.52. The van der Waals surface area contributed by atoms with Gasteiger partial charge in [-0.2, -0.15) is 0 Å². The van der Waals surface area contributed by atoms with E-state index in [2.05, 4.69) is 10.6 Å². The van der Waals surface area contributed by atoms with Crippen LogP contribution < -0.4 is 10.6 Å². The van der Waals surface area contributed by atoms with Crippen molar-refractivity contribution in [3.8, 4) is 0 Å². The Kier molecular flexibility index (Phi) is 6.82. The van der Waals surface area contributed by atoms with E-state index in [1.807, 2.05) is 42.2 Å². The number of carbonyl (C=O) groups excluding carboxylic acids is 2. The first kappa shape index (κ1) is 20.8. The lowest BCUT2D eigenvalue weighted by Crippen LogP contribution is -2.52. The van der Waals surface area contributed by atoms with E-state index < -0.39 is 0 Å². The Morgan fingerprint density at radius 3 is 2.34 bits per heavy atom. The first-order valence-corrected chi connectivity index (χ1v) is 9.77. The van der Waals surface area contributed by atoms with E-state index in [0.717, 1.165) is 16.8 Å². The van der Waals surface area contributed by atoms with Crippen LogP contribution in [-0.2, 0) is 11.3 Å². The molecule has 0 atom stereocenters. The smallest absolute Gasteiger partial charge is 0.317 e. The van der Waals surface area contributed by atoms with Crippen molar-refractivity contribution in [3.63, 3.8) is 0 Å². The van der Waals surface area contributed by atoms with Crippen LogP contribution in [0.25, 0.3) is 0 Å². The normalized spacial score (nSPS) is 14.5. The monoisotopic (exact) mass is 398 g/mol. The number of rotatable bonds is 5. The number of nitrogens with zero attached hydrogens (tertiary/aromatic N) is 2. The number of carbonyl (C=O) groups is 2. The van der Waals surface area contributed by atoms with Crippen LogP contribution in [0.2, 0.25) is 0 Å². The summed E-state index contributed by atoms with van der Waals surface area (Å²) >= 11 is 0. The molecule has 1 aliphatic rings. The third kappa shape index (κ3) is 6.02. The first-order chi connectivity index (χ1) is 13.9. The van der Waals surface area contributed by atoms with Crippen LogP contribution in [0.5, 0.6) is 0 Å². The van der Waals surface area contributed by atoms with Gasteiger partial charge < -0.3 is 15.5 Å². The van der Waals surface area contributed by atoms with Crippen molar-refractivity contribution in [2.24, 2.45) is 0 Å². The highest BCUT2D eigenvalue weighted by Gasteiger charge is 2.22. The van der Waals surface area contributed by atoms with Crippen LogP contribution in [0, 0.1) is 19.7 Å². The van der Waals surface area contributed by atoms with Crippen LogP contribution in [0.1, 0.15) is 16.7 Å². The molecule has 0 aliphatic carbocycles. The summed E-state index contributed by atoms with van der Waals surface area (Å²) in [5.74, 6) is -0.331. The molecule has 6 nitrogen and oxygen atoms in total. The van der Waals surface area contributed by atoms with E-state index >= 15 is 0 Å². The van der Waals surface area contributed by atoms with Gasteiger partial charge in [-0.3, -0.25) is 9.69 Å². The van der Waals surface area contributed by atoms with Gasteiger partial charge in [-0.05, 0) is 43.2 Å². The van der Waals surface area contributed by atoms with Crippen molar-refractivity contribution in [2.45, 2.75) is 20.4 Å². The predicted octanol–water partition coefficient (Wildman–Crippen LogP) is 2.91. The van der Waals surface area contributed by atoms with Crippen LogP contribution in [0.3, 0.4) is 0 Å². The third-order valence-electron chi connectivity index (χ3n) is 5.04. The van der Waals surface area contributed by atoms with Crippen molar-refractivity contribution >= 4 is 17.6 Å². The molecule has 1 aliphatic heterocycles. The van der Waals surface area contributed by atoms with Crippen molar-refractivity contribution in [1.82, 2.24) is 15.1 Å². The lowest BCUT2D eigenvalue weighted by molar-refractivity contribution is -0.117. The Morgan fingerprint density at radius 1 is 1.00 bits per heavy atom. The number of anilines is 1. The number of halogens is 1. The third-order valence-corrected chi connectivity index (χ3v) is 5.04. The molecule has 2 aromatic rings. The topological polar surface area (TPSA) is 64.7 Å². The van der Waals surface area contributed by atoms with Gasteiger partial charge in [0, 0.05) is 38.4 Å². The summed E-state index contributed by atoms with van der Waals surface area (Å²) in [5, 5.41) is 5.72. The fraction of sp³-hybridized carbons (Fsp3) is 0.364. The summed E-state index contributed by atoms with van der Waals surface area (Å²) in [7, 11) is 0. The molecule has 0 radical (unpaired) electrons. The molecule has 154 valence electrons. The van der Waals surface area contributed by atoms with Crippen molar-refractivity contribution in [2.75, 3.05) is 38.0 Å². The molecule has 0 aromatic heterocycles. The molecular weight excluding hydrogens is 371 g/mol. The van der Waals surface area contributed by atoms with Gasteiger partial charge in [0.2, 0.25) is 5.91 Å². The number of aryl methyl sites for hydroxylation is 2. The van der Waals surface area contributed by atoms with E-state index in [0.29, 0.717) is 38.3 Å². The molecule has 7 heteroatoms. The largest absolute Gasteiger partial charge is 0.334 e. The predicted molar refractivity (Wildman–Crippen MR) is 111 cm³/mol. The summed E-state index contributed by atoms with van der Waals surface area (Å²) in [6, 6.07) is 12.5. The maximum absolute atomic E-state index is 13.6. The molecule has 0 saturated carbocycles. The number of nitrogens with one attached hydrogen (secondary N) is 2. The minimum atomic E-state index is -0.269. The van der Waals surface area contributed by atoms with Gasteiger partial charge >= 0.3 is 6.03 Å². The summed E-state index contributed by atoms with van der Waals surface area (Å²) in [4.78, 5) is 28.3. The zero-order chi connectivity index (χ0) is 20.8. The van der Waals surface area contributed by atoms with Gasteiger partial charge in [0.1, 0.15) is 5.82 Å². The first-order valence-electron chi connectivity index (χ1n) is 9.77. The lowest BCUT2D eigenvalue weighted by Gasteiger charge is -2.34. The van der Waals surface area contributed by atoms with Gasteiger partial charge in [-0.15, -0.1) is 0 Å². The van der Waals surface area contributed by atoms with Gasteiger partial charge in [-0.25, -0.2) is 9.18 Å². The molecule has 0 spiro atoms. The SMILES string of the molecule is Cc1ccc(NC(=O)CN2CCN(C(=O)NCc3ccc(C)c(F)c3)CC2)cc1. The zero-order valence-corrected chi connectivity index (χ0v) is 16.9. The minimum absolute atomic E-state index is 0.0619. The average molecular weight is 398 g/mol. The molecule has 0 bridgehead atoms. The van der Waals surface area contributed by atoms with Crippen LogP contribution in [0.15, 0.2) is 42.5 Å². The van der Waals surface area contributed by atoms with Crippen LogP contribution >= 0.6 is 0 Å². The molecule has 29 heavy (non-hydrogen) atoms. The fourth-order valence-electron chi connectivity index (χ4n) is 3.19. The molecular formula is C22H27FN4O2. The van der Waals surface area contributed by atoms with Crippen LogP contribution in [-0.4, -0.2) is 54.5 Å². The maximum atomic E-state index is 13.6. The Balaban J connectivity index is 1.40. The summed E-state index contributed by atoms with van der Waals surface area (Å²) in [6.45, 7) is 6.65. The van der Waals surface area contributed by atoms with Gasteiger partial charge in [-0.1, -0.05) is 29.8 Å². The number of benzene rings is 2. The summed E-state index contributed by atoms with van der Waals surface area (Å²) in [6.07, 6.45) is 0. The van der Waals surface area contributed by atoms with Gasteiger partial charge in [0.15, 0.2) is 0 Å². The highest BCUT2D eigenvalue weighted by atomic mass is 19.1. The summed E-state index contributed by atoms with van der Waals surface area (Å²) < 4.78 is 13.6. The van der Waals surface area contributed by atoms with Crippen molar-refractivity contribution in [1.29, 1.82) is 0 Å². The molecule has 2 N–H and O–H groups in total. The molecule has 1 saturated heterocycles. The van der Waals surface area contributed by atoms with Gasteiger partial charge in [0.25, 0.3) is 0 Å². The highest BCUT2D eigenvalue weighted by Crippen LogP contribution is 2.11. The molecule has 3 rings (SSSR count). The Labute approximate surface area is 170 Å². The second-order valence-corrected chi connectivity index (χ2v) is 7.42. The molecule has 1 heterocycles. The minimum Gasteiger partial charge on any atom is -0.334 e. The standard InChI is InChI=1S/C22H27FN4O2/c1-16-3-7-19(8-4-16)25-21(28)15-26-9-11-27(12-10-26)22(29)24-14-18-6-5-17(2)20(23)13-18/h3-8,13H,9-12,14-15H2,1-2H3,(H,24,29)(H,25,28). The second-order valence-electron chi connectivity index (χ2n) is 7.42. The average Bonchev–Trinajstić information content (AvgIpc) is 2.71. The molecule has 0 unspecified atom stereocenters. The Morgan fingerprint density at radius 2 is 1.69 bits per heavy atom. The number of piperazine rings is 1. The number of urea groups is 1. The maximum Gasteiger partial charge on any atom is 0.317 e. The van der Waals surface area contributed by atoms with Crippen LogP contribution in [0.4, 0.5) is 14.9 Å². The van der Waals surface area contributed by atoms with E-state index in [4.69, 9.17) is 0 Å². The van der Waals surface area contributed by atoms with E-state index in [1.165, 1.54) is 6.07 Å². The van der Waals surface area contributed by atoms with E-state index in [-0.39, 0.29) is 24.3 Å². The van der Waals surface area contributed by atoms with Gasteiger partial charge in [0.05, 0.1) is 6.54 Å². The molecule has 2 aromatic carbocycles. The fourth-order valence-corrected chi connectivity index (χ4v) is 3.19. The number of hydrogen-bond acceptors (Lipinski definition) is 3. The Bertz CT molecular complexity index is 862. The highest BCUT2D eigenvalue weighted by molar-refractivity contribution is 5.92. The number of amides is 3. The van der Waals surface area contributed by atoms with E-state index in [9.17, 15) is 14.0 Å². The van der Waals surface area contributed by atoms with Crippen molar-refractivity contribution < 1.29 is 14.0 Å². The van der Waals surface area contributed by atoms with E-state index in [1.54, 1.807) is 17.9 Å². The van der Waals surface area contributed by atoms with Crippen molar-refractivity contribution in [3.05, 3.63) is 65.0 Å². The quantitative estimate of drug-likeness (QED) is 0.814. The molecule has 3 amide bonds. The lowest BCUT2D eigenvalue weighted by atomic mass is 10.1. The molecule has 1 fully saturated rings. The Hall–Kier alpha value is -2.93.